The fourth-order valence-electron chi connectivity index (χ4n) is 2.38. The van der Waals surface area contributed by atoms with Gasteiger partial charge < -0.3 is 4.90 Å². The zero-order valence-electron chi connectivity index (χ0n) is 12.2. The van der Waals surface area contributed by atoms with Gasteiger partial charge in [0.15, 0.2) is 5.84 Å². The molecular weight excluding hydrogens is 308 g/mol. The maximum absolute atomic E-state index is 12.0. The number of ketones is 1. The van der Waals surface area contributed by atoms with E-state index in [2.05, 4.69) is 9.98 Å². The summed E-state index contributed by atoms with van der Waals surface area (Å²) in [6, 6.07) is 2.10. The van der Waals surface area contributed by atoms with Crippen molar-refractivity contribution in [2.45, 2.75) is 32.4 Å². The van der Waals surface area contributed by atoms with Crippen molar-refractivity contribution in [3.05, 3.63) is 39.2 Å². The summed E-state index contributed by atoms with van der Waals surface area (Å²) in [7, 11) is 0. The van der Waals surface area contributed by atoms with Crippen molar-refractivity contribution in [2.24, 2.45) is 4.99 Å². The van der Waals surface area contributed by atoms with Crippen LogP contribution in [0.3, 0.4) is 0 Å². The largest absolute Gasteiger partial charge is 0.348 e. The molecule has 0 saturated heterocycles. The molecule has 8 heteroatoms. The van der Waals surface area contributed by atoms with E-state index >= 15 is 0 Å². The Morgan fingerprint density at radius 3 is 2.91 bits per heavy atom. The van der Waals surface area contributed by atoms with Crippen LogP contribution in [-0.4, -0.2) is 45.6 Å². The highest BCUT2D eigenvalue weighted by atomic mass is 35.5. The van der Waals surface area contributed by atoms with Crippen molar-refractivity contribution in [2.75, 3.05) is 13.1 Å². The van der Waals surface area contributed by atoms with Gasteiger partial charge in [-0.3, -0.25) is 19.9 Å². The molecule has 0 bridgehead atoms. The molecule has 0 amide bonds. The second kappa shape index (κ2) is 7.31. The Morgan fingerprint density at radius 1 is 1.55 bits per heavy atom. The number of halogens is 1. The number of nitrogens with zero attached hydrogens (tertiary/aromatic N) is 4. The van der Waals surface area contributed by atoms with Crippen molar-refractivity contribution >= 4 is 23.2 Å². The molecule has 0 aliphatic carbocycles. The molecule has 0 aromatic carbocycles. The molecule has 2 rings (SSSR count). The minimum atomic E-state index is -1.37. The van der Waals surface area contributed by atoms with E-state index < -0.39 is 16.7 Å². The summed E-state index contributed by atoms with van der Waals surface area (Å²) in [6.45, 7) is 3.26. The van der Waals surface area contributed by atoms with Gasteiger partial charge in [-0.2, -0.15) is 0 Å². The Labute approximate surface area is 133 Å². The van der Waals surface area contributed by atoms with E-state index in [0.29, 0.717) is 31.2 Å². The second-order valence-electron chi connectivity index (χ2n) is 5.05. The van der Waals surface area contributed by atoms with Crippen LogP contribution in [0.5, 0.6) is 0 Å². The zero-order valence-corrected chi connectivity index (χ0v) is 13.0. The van der Waals surface area contributed by atoms with Crippen molar-refractivity contribution in [1.82, 2.24) is 9.88 Å². The van der Waals surface area contributed by atoms with E-state index in [-0.39, 0.29) is 12.3 Å². The third-order valence-corrected chi connectivity index (χ3v) is 3.61. The number of Topliss-reactive ketones (excluding diaryl/α,β-unsaturated/α-hetero) is 1. The molecule has 1 unspecified atom stereocenters. The van der Waals surface area contributed by atoms with Gasteiger partial charge >= 0.3 is 6.04 Å². The van der Waals surface area contributed by atoms with Gasteiger partial charge in [-0.05, 0) is 18.1 Å². The highest BCUT2D eigenvalue weighted by Gasteiger charge is 2.39. The third-order valence-electron chi connectivity index (χ3n) is 3.39. The van der Waals surface area contributed by atoms with Crippen LogP contribution >= 0.6 is 11.6 Å². The number of carbonyl (C=O) groups excluding carboxylic acids is 1. The Balaban J connectivity index is 2.15. The molecule has 1 aromatic heterocycles. The lowest BCUT2D eigenvalue weighted by Gasteiger charge is -2.21. The summed E-state index contributed by atoms with van der Waals surface area (Å²) in [4.78, 5) is 32.7. The summed E-state index contributed by atoms with van der Waals surface area (Å²) in [5.41, 5.74) is 0.865. The molecule has 118 valence electrons. The fourth-order valence-corrected chi connectivity index (χ4v) is 2.49. The normalized spacial score (nSPS) is 15.5. The Morgan fingerprint density at radius 2 is 2.32 bits per heavy atom. The standard InChI is InChI=1S/C14H17ClN4O3/c1-2-3-11(20)13(19(21)22)14-16-6-7-18(14)9-10-4-5-12(15)17-8-10/h4-5,8,13H,2-3,6-7,9H2,1H3. The molecule has 0 N–H and O–H groups in total. The van der Waals surface area contributed by atoms with Gasteiger partial charge in [0.2, 0.25) is 5.78 Å². The van der Waals surface area contributed by atoms with E-state index in [0.717, 1.165) is 5.56 Å². The number of hydrogen-bond donors (Lipinski definition) is 0. The molecule has 1 aromatic rings. The zero-order chi connectivity index (χ0) is 16.1. The molecule has 0 spiro atoms. The number of aromatic nitrogens is 1. The van der Waals surface area contributed by atoms with Gasteiger partial charge in [0.25, 0.3) is 0 Å². The predicted octanol–water partition coefficient (Wildman–Crippen LogP) is 1.96. The topological polar surface area (TPSA) is 88.7 Å². The smallest absolute Gasteiger partial charge is 0.326 e. The number of nitro groups is 1. The van der Waals surface area contributed by atoms with Gasteiger partial charge in [-0.25, -0.2) is 4.98 Å². The number of aliphatic imine (C=N–C) groups is 1. The predicted molar refractivity (Wildman–Crippen MR) is 82.7 cm³/mol. The quantitative estimate of drug-likeness (QED) is 0.434. The number of rotatable bonds is 7. The van der Waals surface area contributed by atoms with Crippen molar-refractivity contribution in [3.63, 3.8) is 0 Å². The van der Waals surface area contributed by atoms with E-state index in [4.69, 9.17) is 11.6 Å². The molecule has 1 aliphatic rings. The van der Waals surface area contributed by atoms with Crippen molar-refractivity contribution in [1.29, 1.82) is 0 Å². The lowest BCUT2D eigenvalue weighted by Crippen LogP contribution is -2.45. The average molecular weight is 325 g/mol. The van der Waals surface area contributed by atoms with E-state index in [1.165, 1.54) is 0 Å². The molecule has 1 atom stereocenters. The average Bonchev–Trinajstić information content (AvgIpc) is 2.89. The Bertz CT molecular complexity index is 588. The van der Waals surface area contributed by atoms with Crippen LogP contribution in [0.2, 0.25) is 5.15 Å². The number of amidine groups is 1. The van der Waals surface area contributed by atoms with Crippen molar-refractivity contribution in [3.8, 4) is 0 Å². The van der Waals surface area contributed by atoms with E-state index in [9.17, 15) is 14.9 Å². The fraction of sp³-hybridized carbons (Fsp3) is 0.500. The third kappa shape index (κ3) is 3.79. The monoisotopic (exact) mass is 324 g/mol. The number of pyridine rings is 1. The molecule has 2 heterocycles. The first-order valence-electron chi connectivity index (χ1n) is 7.09. The first-order chi connectivity index (χ1) is 10.5. The van der Waals surface area contributed by atoms with Crippen LogP contribution in [0, 0.1) is 10.1 Å². The SMILES string of the molecule is CCCC(=O)C(C1=NCCN1Cc1ccc(Cl)nc1)[N+](=O)[O-]. The van der Waals surface area contributed by atoms with Gasteiger partial charge in [-0.15, -0.1) is 0 Å². The van der Waals surface area contributed by atoms with Crippen LogP contribution in [0.25, 0.3) is 0 Å². The minimum Gasteiger partial charge on any atom is -0.348 e. The molecule has 1 aliphatic heterocycles. The number of carbonyl (C=O) groups is 1. The van der Waals surface area contributed by atoms with Crippen LogP contribution < -0.4 is 0 Å². The molecule has 0 radical (unpaired) electrons. The van der Waals surface area contributed by atoms with Crippen LogP contribution in [0.15, 0.2) is 23.3 Å². The van der Waals surface area contributed by atoms with Crippen LogP contribution in [0.4, 0.5) is 0 Å². The molecule has 0 saturated carbocycles. The first kappa shape index (κ1) is 16.4. The summed E-state index contributed by atoms with van der Waals surface area (Å²) in [5.74, 6) is -0.147. The van der Waals surface area contributed by atoms with Crippen LogP contribution in [0.1, 0.15) is 25.3 Å². The highest BCUT2D eigenvalue weighted by molar-refractivity contribution is 6.29. The molecular formula is C14H17ClN4O3. The molecule has 22 heavy (non-hydrogen) atoms. The lowest BCUT2D eigenvalue weighted by molar-refractivity contribution is -0.490. The number of hydrogen-bond acceptors (Lipinski definition) is 6. The summed E-state index contributed by atoms with van der Waals surface area (Å²) in [5, 5.41) is 11.7. The Hall–Kier alpha value is -2.02. The molecule has 0 fully saturated rings. The second-order valence-corrected chi connectivity index (χ2v) is 5.44. The van der Waals surface area contributed by atoms with Gasteiger partial charge in [0.05, 0.1) is 6.54 Å². The summed E-state index contributed by atoms with van der Waals surface area (Å²) in [6.07, 6.45) is 2.38. The first-order valence-corrected chi connectivity index (χ1v) is 7.46. The lowest BCUT2D eigenvalue weighted by atomic mass is 10.1. The van der Waals surface area contributed by atoms with E-state index in [1.54, 1.807) is 23.2 Å². The summed E-state index contributed by atoms with van der Waals surface area (Å²) < 4.78 is 0. The maximum atomic E-state index is 12.0. The van der Waals surface area contributed by atoms with Gasteiger partial charge in [0.1, 0.15) is 5.15 Å². The molecule has 7 nitrogen and oxygen atoms in total. The van der Waals surface area contributed by atoms with Crippen molar-refractivity contribution < 1.29 is 9.72 Å². The maximum Gasteiger partial charge on any atom is 0.326 e. The highest BCUT2D eigenvalue weighted by Crippen LogP contribution is 2.15. The van der Waals surface area contributed by atoms with E-state index in [1.807, 2.05) is 6.92 Å². The van der Waals surface area contributed by atoms with Gasteiger partial charge in [-0.1, -0.05) is 24.6 Å². The summed E-state index contributed by atoms with van der Waals surface area (Å²) >= 11 is 5.74. The minimum absolute atomic E-state index is 0.182. The van der Waals surface area contributed by atoms with Gasteiger partial charge in [0, 0.05) is 30.6 Å². The van der Waals surface area contributed by atoms with Crippen LogP contribution in [-0.2, 0) is 11.3 Å². The Kier molecular flexibility index (Phi) is 5.43.